The zero-order valence-electron chi connectivity index (χ0n) is 11.9. The van der Waals surface area contributed by atoms with Crippen LogP contribution in [0.5, 0.6) is 0 Å². The average molecular weight is 327 g/mol. The number of hydrogen-bond donors (Lipinski definition) is 2. The molecule has 0 aliphatic carbocycles. The minimum Gasteiger partial charge on any atom is -0.422 e. The molecule has 0 aliphatic rings. The molecule has 2 heterocycles. The molecule has 0 unspecified atom stereocenters. The normalized spacial score (nSPS) is 11.2. The molecule has 0 aliphatic heterocycles. The Kier molecular flexibility index (Phi) is 3.66. The van der Waals surface area contributed by atoms with Gasteiger partial charge in [0, 0.05) is 5.39 Å². The molecule has 0 saturated carbocycles. The molecule has 3 rings (SSSR count). The van der Waals surface area contributed by atoms with Gasteiger partial charge in [0.1, 0.15) is 11.3 Å². The molecule has 24 heavy (non-hydrogen) atoms. The van der Waals surface area contributed by atoms with Crippen LogP contribution in [0.15, 0.2) is 49.1 Å². The summed E-state index contributed by atoms with van der Waals surface area (Å²) in [6.45, 7) is 0. The van der Waals surface area contributed by atoms with Gasteiger partial charge in [0.2, 0.25) is 0 Å². The predicted molar refractivity (Wildman–Crippen MR) is 85.7 cm³/mol. The van der Waals surface area contributed by atoms with Crippen molar-refractivity contribution < 1.29 is 9.34 Å². The van der Waals surface area contributed by atoms with Crippen molar-refractivity contribution in [2.45, 2.75) is 0 Å². The Hall–Kier alpha value is -3.75. The number of aromatic amines is 2. The zero-order valence-corrected chi connectivity index (χ0v) is 11.9. The SMILES string of the molecule is O=c1[nH]c(/C=C\c2cc3ccccc3oc2=O)c([N+](=O)[O-])c(=O)[nH]1. The van der Waals surface area contributed by atoms with E-state index in [1.807, 2.05) is 0 Å². The number of rotatable bonds is 3. The number of nitrogens with one attached hydrogen (secondary N) is 2. The van der Waals surface area contributed by atoms with Crippen LogP contribution in [0.25, 0.3) is 23.1 Å². The topological polar surface area (TPSA) is 139 Å². The van der Waals surface area contributed by atoms with Crippen LogP contribution in [0.1, 0.15) is 11.3 Å². The van der Waals surface area contributed by atoms with Crippen molar-refractivity contribution in [3.63, 3.8) is 0 Å². The van der Waals surface area contributed by atoms with Crippen LogP contribution in [0, 0.1) is 10.1 Å². The van der Waals surface area contributed by atoms with Gasteiger partial charge in [-0.1, -0.05) is 18.2 Å². The quantitative estimate of drug-likeness (QED) is 0.421. The molecule has 120 valence electrons. The summed E-state index contributed by atoms with van der Waals surface area (Å²) in [5.74, 6) is 0. The van der Waals surface area contributed by atoms with Crippen molar-refractivity contribution in [3.8, 4) is 0 Å². The number of para-hydroxylation sites is 1. The van der Waals surface area contributed by atoms with Crippen LogP contribution in [0.2, 0.25) is 0 Å². The third-order valence-corrected chi connectivity index (χ3v) is 3.23. The number of nitro groups is 1. The second-order valence-corrected chi connectivity index (χ2v) is 4.79. The lowest BCUT2D eigenvalue weighted by atomic mass is 10.1. The Morgan fingerprint density at radius 1 is 1.08 bits per heavy atom. The molecular weight excluding hydrogens is 318 g/mol. The van der Waals surface area contributed by atoms with Crippen molar-refractivity contribution in [2.75, 3.05) is 0 Å². The van der Waals surface area contributed by atoms with Gasteiger partial charge in [0.25, 0.3) is 0 Å². The fraction of sp³-hybridized carbons (Fsp3) is 0. The van der Waals surface area contributed by atoms with Crippen molar-refractivity contribution in [1.82, 2.24) is 9.97 Å². The lowest BCUT2D eigenvalue weighted by Crippen LogP contribution is -2.25. The second kappa shape index (κ2) is 5.80. The first-order chi connectivity index (χ1) is 11.5. The summed E-state index contributed by atoms with van der Waals surface area (Å²) in [5, 5.41) is 11.6. The smallest absolute Gasteiger partial charge is 0.357 e. The van der Waals surface area contributed by atoms with Gasteiger partial charge in [-0.25, -0.2) is 9.59 Å². The molecule has 0 atom stereocenters. The minimum absolute atomic E-state index is 0.115. The minimum atomic E-state index is -1.13. The van der Waals surface area contributed by atoms with Crippen molar-refractivity contribution in [2.24, 2.45) is 0 Å². The van der Waals surface area contributed by atoms with E-state index in [0.717, 1.165) is 6.08 Å². The Bertz CT molecular complexity index is 1150. The van der Waals surface area contributed by atoms with E-state index in [4.69, 9.17) is 4.42 Å². The van der Waals surface area contributed by atoms with Crippen LogP contribution < -0.4 is 16.9 Å². The first-order valence-corrected chi connectivity index (χ1v) is 6.67. The molecule has 2 aromatic heterocycles. The molecule has 0 amide bonds. The van der Waals surface area contributed by atoms with E-state index < -0.39 is 27.5 Å². The highest BCUT2D eigenvalue weighted by molar-refractivity contribution is 5.80. The summed E-state index contributed by atoms with van der Waals surface area (Å²) in [5.41, 5.74) is -3.30. The van der Waals surface area contributed by atoms with Gasteiger partial charge in [0.05, 0.1) is 10.5 Å². The van der Waals surface area contributed by atoms with E-state index >= 15 is 0 Å². The molecule has 9 nitrogen and oxygen atoms in total. The van der Waals surface area contributed by atoms with E-state index in [2.05, 4.69) is 4.98 Å². The number of H-pyrrole nitrogens is 2. The van der Waals surface area contributed by atoms with Crippen LogP contribution in [0.3, 0.4) is 0 Å². The van der Waals surface area contributed by atoms with Crippen molar-refractivity contribution >= 4 is 28.8 Å². The third-order valence-electron chi connectivity index (χ3n) is 3.23. The summed E-state index contributed by atoms with van der Waals surface area (Å²) in [6.07, 6.45) is 2.34. The van der Waals surface area contributed by atoms with Crippen molar-refractivity contribution in [3.05, 3.63) is 83.0 Å². The fourth-order valence-corrected chi connectivity index (χ4v) is 2.17. The molecule has 2 N–H and O–H groups in total. The molecule has 1 aromatic carbocycles. The van der Waals surface area contributed by atoms with Crippen LogP contribution >= 0.6 is 0 Å². The summed E-state index contributed by atoms with van der Waals surface area (Å²) in [7, 11) is 0. The lowest BCUT2D eigenvalue weighted by molar-refractivity contribution is -0.386. The van der Waals surface area contributed by atoms with Gasteiger partial charge in [0.15, 0.2) is 0 Å². The molecule has 0 spiro atoms. The van der Waals surface area contributed by atoms with E-state index in [0.29, 0.717) is 11.0 Å². The maximum atomic E-state index is 11.9. The largest absolute Gasteiger partial charge is 0.422 e. The fourth-order valence-electron chi connectivity index (χ4n) is 2.17. The first kappa shape index (κ1) is 15.2. The number of fused-ring (bicyclic) bond motifs is 1. The standard InChI is InChI=1S/C15H9N3O6/c19-13-12(18(22)23)10(16-15(21)17-13)6-5-9-7-8-3-1-2-4-11(8)24-14(9)20/h1-7H,(H2,16,17,19,21)/b6-5-. The number of nitrogens with zero attached hydrogens (tertiary/aromatic N) is 1. The van der Waals surface area contributed by atoms with Crippen LogP contribution in [-0.2, 0) is 0 Å². The number of hydrogen-bond acceptors (Lipinski definition) is 6. The average Bonchev–Trinajstić information content (AvgIpc) is 2.51. The molecule has 0 radical (unpaired) electrons. The van der Waals surface area contributed by atoms with Gasteiger partial charge in [-0.05, 0) is 24.3 Å². The van der Waals surface area contributed by atoms with E-state index in [9.17, 15) is 24.5 Å². The summed E-state index contributed by atoms with van der Waals surface area (Å²) >= 11 is 0. The molecule has 9 heteroatoms. The Morgan fingerprint density at radius 2 is 1.83 bits per heavy atom. The molecular formula is C15H9N3O6. The van der Waals surface area contributed by atoms with E-state index in [-0.39, 0.29) is 11.3 Å². The highest BCUT2D eigenvalue weighted by Crippen LogP contribution is 2.15. The summed E-state index contributed by atoms with van der Waals surface area (Å²) in [4.78, 5) is 48.7. The van der Waals surface area contributed by atoms with Crippen LogP contribution in [0.4, 0.5) is 5.69 Å². The van der Waals surface area contributed by atoms with Gasteiger partial charge >= 0.3 is 22.6 Å². The molecule has 0 fully saturated rings. The Labute approximate surface area is 132 Å². The second-order valence-electron chi connectivity index (χ2n) is 4.79. The van der Waals surface area contributed by atoms with Crippen LogP contribution in [-0.4, -0.2) is 14.9 Å². The maximum Gasteiger partial charge on any atom is 0.357 e. The summed E-state index contributed by atoms with van der Waals surface area (Å²) < 4.78 is 5.13. The van der Waals surface area contributed by atoms with Gasteiger partial charge in [-0.3, -0.25) is 19.9 Å². The predicted octanol–water partition coefficient (Wildman–Crippen LogP) is 1.25. The van der Waals surface area contributed by atoms with Gasteiger partial charge < -0.3 is 9.40 Å². The first-order valence-electron chi connectivity index (χ1n) is 6.67. The van der Waals surface area contributed by atoms with Gasteiger partial charge in [-0.2, -0.15) is 0 Å². The number of aromatic nitrogens is 2. The van der Waals surface area contributed by atoms with Gasteiger partial charge in [-0.15, -0.1) is 0 Å². The lowest BCUT2D eigenvalue weighted by Gasteiger charge is -1.98. The molecule has 3 aromatic rings. The monoisotopic (exact) mass is 327 g/mol. The van der Waals surface area contributed by atoms with Crippen molar-refractivity contribution in [1.29, 1.82) is 0 Å². The highest BCUT2D eigenvalue weighted by atomic mass is 16.6. The molecule has 0 bridgehead atoms. The Balaban J connectivity index is 2.14. The summed E-state index contributed by atoms with van der Waals surface area (Å²) in [6, 6.07) is 8.37. The highest BCUT2D eigenvalue weighted by Gasteiger charge is 2.18. The zero-order chi connectivity index (χ0) is 17.3. The van der Waals surface area contributed by atoms with E-state index in [1.54, 1.807) is 29.2 Å². The number of benzene rings is 1. The molecule has 0 saturated heterocycles. The third kappa shape index (κ3) is 2.77. The Morgan fingerprint density at radius 3 is 2.58 bits per heavy atom. The maximum absolute atomic E-state index is 11.9. The van der Waals surface area contributed by atoms with E-state index in [1.165, 1.54) is 12.1 Å².